The highest BCUT2D eigenvalue weighted by atomic mass is 19.4. The molecule has 5 rings (SSSR count). The third-order valence-electron chi connectivity index (χ3n) is 5.73. The van der Waals surface area contributed by atoms with Crippen LogP contribution < -0.4 is 10.5 Å². The number of hydrogen-bond donors (Lipinski definition) is 1. The summed E-state index contributed by atoms with van der Waals surface area (Å²) in [5.41, 5.74) is 6.36. The summed E-state index contributed by atoms with van der Waals surface area (Å²) in [6.45, 7) is 1.57. The molecule has 2 bridgehead atoms. The molecule has 6 nitrogen and oxygen atoms in total. The molecule has 1 aromatic heterocycles. The molecule has 27 heavy (non-hydrogen) atoms. The Morgan fingerprint density at radius 1 is 1.33 bits per heavy atom. The second-order valence-electron chi connectivity index (χ2n) is 7.31. The third-order valence-corrected chi connectivity index (χ3v) is 5.73. The Balaban J connectivity index is 1.94. The first-order valence-electron chi connectivity index (χ1n) is 8.95. The van der Waals surface area contributed by atoms with E-state index in [0.29, 0.717) is 17.1 Å². The lowest BCUT2D eigenvalue weighted by atomic mass is 9.74. The number of hydrogen-bond acceptors (Lipinski definition) is 4. The summed E-state index contributed by atoms with van der Waals surface area (Å²) < 4.78 is 45.3. The van der Waals surface area contributed by atoms with Crippen LogP contribution in [0, 0.1) is 5.92 Å². The van der Waals surface area contributed by atoms with Gasteiger partial charge in [-0.15, -0.1) is 0 Å². The van der Waals surface area contributed by atoms with E-state index in [0.717, 1.165) is 42.7 Å². The second-order valence-corrected chi connectivity index (χ2v) is 7.31. The standard InChI is InChI=1S/C18H21F3N4O2/c1-27-13-3-2-12-15(14(13)11-8-24-6-4-10(11)5-7-24)16(17(22)26)23-25(12)9-18(19,20)21/h2-3,10-11H,4-9H2,1H3,(H2,22,26). The molecule has 1 unspecified atom stereocenters. The van der Waals surface area contributed by atoms with Gasteiger partial charge in [0.2, 0.25) is 0 Å². The Morgan fingerprint density at radius 3 is 2.56 bits per heavy atom. The number of methoxy groups -OCH3 is 1. The normalized spacial score (nSPS) is 25.1. The smallest absolute Gasteiger partial charge is 0.408 e. The number of nitrogens with two attached hydrogens (primary N) is 1. The van der Waals surface area contributed by atoms with Crippen LogP contribution in [0.5, 0.6) is 5.75 Å². The number of aromatic nitrogens is 2. The molecule has 0 spiro atoms. The first kappa shape index (κ1) is 18.1. The van der Waals surface area contributed by atoms with Crippen LogP contribution in [0.1, 0.15) is 34.8 Å². The number of nitrogens with zero attached hydrogens (tertiary/aromatic N) is 3. The van der Waals surface area contributed by atoms with Crippen molar-refractivity contribution in [2.24, 2.45) is 11.7 Å². The van der Waals surface area contributed by atoms with Crippen molar-refractivity contribution in [1.29, 1.82) is 0 Å². The number of primary amides is 1. The Hall–Kier alpha value is -2.29. The number of ether oxygens (including phenoxy) is 1. The molecular formula is C18H21F3N4O2. The van der Waals surface area contributed by atoms with Gasteiger partial charge in [-0.2, -0.15) is 18.3 Å². The van der Waals surface area contributed by atoms with Crippen molar-refractivity contribution in [3.05, 3.63) is 23.4 Å². The van der Waals surface area contributed by atoms with E-state index in [2.05, 4.69) is 10.00 Å². The monoisotopic (exact) mass is 382 g/mol. The predicted octanol–water partition coefficient (Wildman–Crippen LogP) is 2.52. The van der Waals surface area contributed by atoms with E-state index >= 15 is 0 Å². The maximum Gasteiger partial charge on any atom is 0.408 e. The number of rotatable bonds is 4. The minimum absolute atomic E-state index is 0.0767. The average Bonchev–Trinajstić information content (AvgIpc) is 2.99. The summed E-state index contributed by atoms with van der Waals surface area (Å²) >= 11 is 0. The highest BCUT2D eigenvalue weighted by molar-refractivity contribution is 6.06. The molecule has 0 radical (unpaired) electrons. The Labute approximate surface area is 154 Å². The largest absolute Gasteiger partial charge is 0.496 e. The van der Waals surface area contributed by atoms with Crippen LogP contribution in [0.3, 0.4) is 0 Å². The highest BCUT2D eigenvalue weighted by Crippen LogP contribution is 2.46. The van der Waals surface area contributed by atoms with Crippen molar-refractivity contribution >= 4 is 16.8 Å². The van der Waals surface area contributed by atoms with Gasteiger partial charge in [-0.1, -0.05) is 0 Å². The molecule has 1 aromatic carbocycles. The Kier molecular flexibility index (Phi) is 4.29. The predicted molar refractivity (Wildman–Crippen MR) is 92.8 cm³/mol. The van der Waals surface area contributed by atoms with Crippen molar-refractivity contribution in [2.45, 2.75) is 31.5 Å². The summed E-state index contributed by atoms with van der Waals surface area (Å²) in [5.74, 6) is 0.209. The van der Waals surface area contributed by atoms with E-state index in [4.69, 9.17) is 10.5 Å². The number of alkyl halides is 3. The quantitative estimate of drug-likeness (QED) is 0.882. The highest BCUT2D eigenvalue weighted by Gasteiger charge is 2.39. The summed E-state index contributed by atoms with van der Waals surface area (Å²) in [6, 6.07) is 3.18. The van der Waals surface area contributed by atoms with E-state index in [1.165, 1.54) is 13.2 Å². The molecule has 9 heteroatoms. The van der Waals surface area contributed by atoms with Crippen molar-refractivity contribution < 1.29 is 22.7 Å². The van der Waals surface area contributed by atoms with Crippen LogP contribution in [-0.2, 0) is 6.54 Å². The topological polar surface area (TPSA) is 73.4 Å². The van der Waals surface area contributed by atoms with Crippen molar-refractivity contribution in [3.8, 4) is 5.75 Å². The van der Waals surface area contributed by atoms with Gasteiger partial charge in [0.1, 0.15) is 12.3 Å². The molecule has 2 N–H and O–H groups in total. The van der Waals surface area contributed by atoms with Crippen LogP contribution in [0.25, 0.3) is 10.9 Å². The first-order valence-corrected chi connectivity index (χ1v) is 8.95. The molecule has 2 aromatic rings. The number of piperidine rings is 3. The minimum Gasteiger partial charge on any atom is -0.496 e. The molecule has 146 valence electrons. The molecule has 1 atom stereocenters. The number of fused-ring (bicyclic) bond motifs is 4. The molecule has 4 heterocycles. The lowest BCUT2D eigenvalue weighted by Crippen LogP contribution is -2.46. The Morgan fingerprint density at radius 2 is 2.04 bits per heavy atom. The number of carbonyl (C=O) groups excluding carboxylic acids is 1. The number of halogens is 3. The van der Waals surface area contributed by atoms with Crippen LogP contribution in [0.4, 0.5) is 13.2 Å². The Bertz CT molecular complexity index is 885. The maximum absolute atomic E-state index is 13.0. The van der Waals surface area contributed by atoms with Gasteiger partial charge < -0.3 is 15.4 Å². The van der Waals surface area contributed by atoms with Gasteiger partial charge >= 0.3 is 6.18 Å². The zero-order chi connectivity index (χ0) is 19.3. The lowest BCUT2D eigenvalue weighted by Gasteiger charge is -2.45. The van der Waals surface area contributed by atoms with Gasteiger partial charge in [0.25, 0.3) is 5.91 Å². The van der Waals surface area contributed by atoms with E-state index in [-0.39, 0.29) is 17.1 Å². The molecule has 3 aliphatic rings. The zero-order valence-corrected chi connectivity index (χ0v) is 14.9. The summed E-state index contributed by atoms with van der Waals surface area (Å²) in [7, 11) is 1.52. The van der Waals surface area contributed by atoms with Crippen LogP contribution in [0.2, 0.25) is 0 Å². The molecule has 1 amide bonds. The molecule has 0 aliphatic carbocycles. The molecule has 3 saturated heterocycles. The van der Waals surface area contributed by atoms with Gasteiger partial charge in [0, 0.05) is 23.4 Å². The lowest BCUT2D eigenvalue weighted by molar-refractivity contribution is -0.141. The van der Waals surface area contributed by atoms with Gasteiger partial charge in [-0.05, 0) is 44.0 Å². The summed E-state index contributed by atoms with van der Waals surface area (Å²) in [5, 5.41) is 4.31. The molecular weight excluding hydrogens is 361 g/mol. The van der Waals surface area contributed by atoms with Crippen LogP contribution >= 0.6 is 0 Å². The fourth-order valence-electron chi connectivity index (χ4n) is 4.58. The molecule has 3 fully saturated rings. The minimum atomic E-state index is -4.45. The summed E-state index contributed by atoms with van der Waals surface area (Å²) in [4.78, 5) is 14.3. The molecule has 0 saturated carbocycles. The average molecular weight is 382 g/mol. The third kappa shape index (κ3) is 3.13. The van der Waals surface area contributed by atoms with Gasteiger partial charge in [0.05, 0.1) is 12.6 Å². The zero-order valence-electron chi connectivity index (χ0n) is 14.9. The van der Waals surface area contributed by atoms with E-state index in [9.17, 15) is 18.0 Å². The molecule has 3 aliphatic heterocycles. The summed E-state index contributed by atoms with van der Waals surface area (Å²) in [6.07, 6.45) is -2.41. The van der Waals surface area contributed by atoms with Crippen molar-refractivity contribution in [1.82, 2.24) is 14.7 Å². The van der Waals surface area contributed by atoms with Crippen LogP contribution in [0.15, 0.2) is 12.1 Å². The van der Waals surface area contributed by atoms with Crippen molar-refractivity contribution in [3.63, 3.8) is 0 Å². The number of benzene rings is 1. The first-order chi connectivity index (χ1) is 12.8. The van der Waals surface area contributed by atoms with E-state index in [1.54, 1.807) is 6.07 Å². The van der Waals surface area contributed by atoms with Crippen molar-refractivity contribution in [2.75, 3.05) is 26.7 Å². The van der Waals surface area contributed by atoms with Gasteiger partial charge in [0.15, 0.2) is 5.69 Å². The number of carbonyl (C=O) groups is 1. The number of amides is 1. The van der Waals surface area contributed by atoms with Gasteiger partial charge in [-0.25, -0.2) is 0 Å². The fraction of sp³-hybridized carbons (Fsp3) is 0.556. The van der Waals surface area contributed by atoms with Gasteiger partial charge in [-0.3, -0.25) is 9.48 Å². The second kappa shape index (κ2) is 6.40. The van der Waals surface area contributed by atoms with E-state index in [1.807, 2.05) is 0 Å². The van der Waals surface area contributed by atoms with Crippen LogP contribution in [-0.4, -0.2) is 53.5 Å². The SMILES string of the molecule is COc1ccc2c(c(C(N)=O)nn2CC(F)(F)F)c1C1CN2CCC1CC2. The fourth-order valence-corrected chi connectivity index (χ4v) is 4.58. The maximum atomic E-state index is 13.0. The van der Waals surface area contributed by atoms with E-state index < -0.39 is 18.6 Å².